The lowest BCUT2D eigenvalue weighted by atomic mass is 9.98. The van der Waals surface area contributed by atoms with Crippen LogP contribution >= 0.6 is 11.8 Å². The lowest BCUT2D eigenvalue weighted by molar-refractivity contribution is -0.137. The van der Waals surface area contributed by atoms with Gasteiger partial charge in [0.05, 0.1) is 22.6 Å². The fraction of sp³-hybridized carbons (Fsp3) is 0.0741. The van der Waals surface area contributed by atoms with Crippen LogP contribution in [-0.4, -0.2) is 28.6 Å². The minimum atomic E-state index is -4.58. The van der Waals surface area contributed by atoms with Gasteiger partial charge in [0.25, 0.3) is 5.91 Å². The topological polar surface area (TPSA) is 95.5 Å². The van der Waals surface area contributed by atoms with E-state index in [-0.39, 0.29) is 22.6 Å². The first-order valence-corrected chi connectivity index (χ1v) is 11.9. The van der Waals surface area contributed by atoms with Crippen molar-refractivity contribution in [2.45, 2.75) is 11.1 Å². The van der Waals surface area contributed by atoms with Crippen LogP contribution < -0.4 is 10.6 Å². The molecule has 0 aliphatic heterocycles. The van der Waals surface area contributed by atoms with E-state index in [0.717, 1.165) is 17.8 Å². The summed E-state index contributed by atoms with van der Waals surface area (Å²) in [5.41, 5.74) is -0.549. The summed E-state index contributed by atoms with van der Waals surface area (Å²) < 4.78 is 39.3. The van der Waals surface area contributed by atoms with E-state index in [2.05, 4.69) is 10.6 Å². The van der Waals surface area contributed by atoms with E-state index < -0.39 is 29.5 Å². The third-order valence-corrected chi connectivity index (χ3v) is 6.38. The molecule has 0 atom stereocenters. The van der Waals surface area contributed by atoms with Crippen molar-refractivity contribution in [2.24, 2.45) is 0 Å². The van der Waals surface area contributed by atoms with Crippen LogP contribution in [0.3, 0.4) is 0 Å². The van der Waals surface area contributed by atoms with Crippen molar-refractivity contribution in [1.82, 2.24) is 0 Å². The van der Waals surface area contributed by atoms with E-state index in [1.54, 1.807) is 54.6 Å². The van der Waals surface area contributed by atoms with Gasteiger partial charge in [-0.05, 0) is 53.9 Å². The third kappa shape index (κ3) is 6.10. The quantitative estimate of drug-likeness (QED) is 0.239. The highest BCUT2D eigenvalue weighted by Crippen LogP contribution is 2.34. The van der Waals surface area contributed by atoms with Crippen molar-refractivity contribution >= 4 is 51.7 Å². The molecule has 4 aromatic rings. The van der Waals surface area contributed by atoms with E-state index in [1.165, 1.54) is 24.3 Å². The molecule has 0 spiro atoms. The number of nitrogens with one attached hydrogen (secondary N) is 2. The van der Waals surface area contributed by atoms with E-state index in [0.29, 0.717) is 21.4 Å². The largest absolute Gasteiger partial charge is 0.478 e. The normalized spacial score (nSPS) is 11.2. The second kappa shape index (κ2) is 10.8. The van der Waals surface area contributed by atoms with E-state index in [4.69, 9.17) is 0 Å². The van der Waals surface area contributed by atoms with Crippen molar-refractivity contribution < 1.29 is 32.7 Å². The maximum atomic E-state index is 13.1. The Balaban J connectivity index is 1.40. The number of rotatable bonds is 7. The van der Waals surface area contributed by atoms with Gasteiger partial charge in [-0.15, -0.1) is 11.8 Å². The van der Waals surface area contributed by atoms with E-state index >= 15 is 0 Å². The Morgan fingerprint density at radius 3 is 2.08 bits per heavy atom. The molecule has 0 saturated heterocycles. The first-order chi connectivity index (χ1) is 17.6. The molecule has 0 aliphatic rings. The highest BCUT2D eigenvalue weighted by molar-refractivity contribution is 8.00. The Morgan fingerprint density at radius 2 is 1.43 bits per heavy atom. The summed E-state index contributed by atoms with van der Waals surface area (Å²) in [7, 11) is 0. The van der Waals surface area contributed by atoms with Crippen molar-refractivity contribution in [3.8, 4) is 0 Å². The Labute approximate surface area is 213 Å². The molecule has 10 heteroatoms. The summed E-state index contributed by atoms with van der Waals surface area (Å²) in [6, 6.07) is 21.0. The number of aromatic carboxylic acids is 1. The highest BCUT2D eigenvalue weighted by Gasteiger charge is 2.33. The number of benzene rings is 4. The zero-order chi connectivity index (χ0) is 26.6. The van der Waals surface area contributed by atoms with Crippen LogP contribution in [0.4, 0.5) is 24.5 Å². The number of thioether (sulfide) groups is 1. The molecular weight excluding hydrogens is 505 g/mol. The first-order valence-electron chi connectivity index (χ1n) is 10.9. The number of carboxylic acids is 1. The predicted molar refractivity (Wildman–Crippen MR) is 136 cm³/mol. The monoisotopic (exact) mass is 524 g/mol. The molecule has 3 N–H and O–H groups in total. The number of para-hydroxylation sites is 1. The summed E-state index contributed by atoms with van der Waals surface area (Å²) >= 11 is 1.12. The SMILES string of the molecule is O=C(CSc1ccc(NC(=O)c2cccc3cccc(C(=O)O)c23)cc1)Nc1ccccc1C(F)(F)F. The van der Waals surface area contributed by atoms with Gasteiger partial charge in [-0.3, -0.25) is 9.59 Å². The number of carbonyl (C=O) groups is 3. The van der Waals surface area contributed by atoms with Gasteiger partial charge in [0.15, 0.2) is 0 Å². The van der Waals surface area contributed by atoms with E-state index in [1.807, 2.05) is 0 Å². The molecule has 188 valence electrons. The molecule has 0 aromatic heterocycles. The van der Waals surface area contributed by atoms with Gasteiger partial charge in [-0.25, -0.2) is 4.79 Å². The van der Waals surface area contributed by atoms with Crippen LogP contribution in [0.5, 0.6) is 0 Å². The van der Waals surface area contributed by atoms with Crippen LogP contribution in [0.2, 0.25) is 0 Å². The molecule has 0 radical (unpaired) electrons. The van der Waals surface area contributed by atoms with E-state index in [9.17, 15) is 32.7 Å². The van der Waals surface area contributed by atoms with Gasteiger partial charge >= 0.3 is 12.1 Å². The Morgan fingerprint density at radius 1 is 0.784 bits per heavy atom. The number of amides is 2. The number of hydrogen-bond acceptors (Lipinski definition) is 4. The van der Waals surface area contributed by atoms with Crippen LogP contribution in [0.15, 0.2) is 89.8 Å². The van der Waals surface area contributed by atoms with Crippen LogP contribution in [0, 0.1) is 0 Å². The van der Waals surface area contributed by atoms with Gasteiger partial charge in [0.2, 0.25) is 5.91 Å². The van der Waals surface area contributed by atoms with Crippen LogP contribution in [-0.2, 0) is 11.0 Å². The van der Waals surface area contributed by atoms with Crippen LogP contribution in [0.1, 0.15) is 26.3 Å². The van der Waals surface area contributed by atoms with Crippen molar-refractivity contribution in [3.05, 3.63) is 102 Å². The van der Waals surface area contributed by atoms with Gasteiger partial charge in [0, 0.05) is 21.5 Å². The second-order valence-electron chi connectivity index (χ2n) is 7.87. The van der Waals surface area contributed by atoms with Crippen LogP contribution in [0.25, 0.3) is 10.8 Å². The molecule has 0 bridgehead atoms. The molecular formula is C27H19F3N2O4S. The summed E-state index contributed by atoms with van der Waals surface area (Å²) in [4.78, 5) is 37.5. The Kier molecular flexibility index (Phi) is 7.49. The summed E-state index contributed by atoms with van der Waals surface area (Å²) in [6.07, 6.45) is -4.58. The molecule has 0 fully saturated rings. The molecule has 2 amide bonds. The standard InChI is InChI=1S/C27H19F3N2O4S/c28-27(29,30)21-9-1-2-10-22(21)32-23(33)15-37-18-13-11-17(12-14-18)31-25(34)19-7-3-5-16-6-4-8-20(24(16)19)26(35)36/h1-14H,15H2,(H,31,34)(H,32,33)(H,35,36). The molecule has 6 nitrogen and oxygen atoms in total. The van der Waals surface area contributed by atoms with Crippen molar-refractivity contribution in [2.75, 3.05) is 16.4 Å². The second-order valence-corrected chi connectivity index (χ2v) is 8.92. The first kappa shape index (κ1) is 25.8. The molecule has 4 rings (SSSR count). The number of carbonyl (C=O) groups excluding carboxylic acids is 2. The number of alkyl halides is 3. The zero-order valence-corrected chi connectivity index (χ0v) is 19.8. The van der Waals surface area contributed by atoms with Gasteiger partial charge < -0.3 is 15.7 Å². The molecule has 0 unspecified atom stereocenters. The van der Waals surface area contributed by atoms with Gasteiger partial charge in [-0.1, -0.05) is 36.4 Å². The molecule has 0 heterocycles. The lowest BCUT2D eigenvalue weighted by Gasteiger charge is -2.13. The fourth-order valence-corrected chi connectivity index (χ4v) is 4.41. The average molecular weight is 525 g/mol. The van der Waals surface area contributed by atoms with Gasteiger partial charge in [-0.2, -0.15) is 13.2 Å². The minimum Gasteiger partial charge on any atom is -0.478 e. The lowest BCUT2D eigenvalue weighted by Crippen LogP contribution is -2.18. The van der Waals surface area contributed by atoms with Gasteiger partial charge in [0.1, 0.15) is 0 Å². The number of carboxylic acid groups (broad SMARTS) is 1. The number of fused-ring (bicyclic) bond motifs is 1. The maximum absolute atomic E-state index is 13.1. The predicted octanol–water partition coefficient (Wildman–Crippen LogP) is 6.54. The Hall–Kier alpha value is -4.31. The zero-order valence-electron chi connectivity index (χ0n) is 19.0. The number of halogens is 3. The summed E-state index contributed by atoms with van der Waals surface area (Å²) in [6.45, 7) is 0. The maximum Gasteiger partial charge on any atom is 0.418 e. The molecule has 0 aliphatic carbocycles. The summed E-state index contributed by atoms with van der Waals surface area (Å²) in [5.74, 6) is -2.34. The fourth-order valence-electron chi connectivity index (χ4n) is 3.72. The minimum absolute atomic E-state index is 0.0196. The average Bonchev–Trinajstić information content (AvgIpc) is 2.87. The Bertz CT molecular complexity index is 1480. The molecule has 37 heavy (non-hydrogen) atoms. The third-order valence-electron chi connectivity index (χ3n) is 5.37. The highest BCUT2D eigenvalue weighted by atomic mass is 32.2. The summed E-state index contributed by atoms with van der Waals surface area (Å²) in [5, 5.41) is 15.5. The van der Waals surface area contributed by atoms with Crippen molar-refractivity contribution in [3.63, 3.8) is 0 Å². The van der Waals surface area contributed by atoms with Crippen molar-refractivity contribution in [1.29, 1.82) is 0 Å². The molecule has 0 saturated carbocycles. The number of hydrogen-bond donors (Lipinski definition) is 3. The smallest absolute Gasteiger partial charge is 0.418 e. The number of anilines is 2. The molecule has 4 aromatic carbocycles.